The highest BCUT2D eigenvalue weighted by Crippen LogP contribution is 2.34. The maximum Gasteiger partial charge on any atom is 0.414 e. The van der Waals surface area contributed by atoms with Crippen LogP contribution in [0, 0.1) is 0 Å². The molecule has 1 amide bonds. The minimum atomic E-state index is -1.82. The van der Waals surface area contributed by atoms with E-state index in [4.69, 9.17) is 24.5 Å². The molecule has 9 nitrogen and oxygen atoms in total. The van der Waals surface area contributed by atoms with Crippen LogP contribution in [0.25, 0.3) is 0 Å². The first-order valence-corrected chi connectivity index (χ1v) is 8.74. The molecule has 10 heteroatoms. The zero-order valence-electron chi connectivity index (χ0n) is 14.4. The fourth-order valence-electron chi connectivity index (χ4n) is 1.77. The normalized spacial score (nSPS) is 13.8. The van der Waals surface area contributed by atoms with E-state index in [0.29, 0.717) is 24.1 Å². The second-order valence-corrected chi connectivity index (χ2v) is 6.65. The van der Waals surface area contributed by atoms with Gasteiger partial charge in [0.2, 0.25) is 5.91 Å². The molecule has 0 radical (unpaired) electrons. The number of aliphatic hydroxyl groups excluding tert-OH is 1. The van der Waals surface area contributed by atoms with Gasteiger partial charge in [0.15, 0.2) is 0 Å². The lowest BCUT2D eigenvalue weighted by Gasteiger charge is -2.18. The molecule has 0 aliphatic carbocycles. The minimum absolute atomic E-state index is 0.0198. The number of hydrogen-bond acceptors (Lipinski definition) is 7. The maximum absolute atomic E-state index is 11.2. The number of carbonyl (C=O) groups is 3. The molecule has 5 N–H and O–H groups in total. The van der Waals surface area contributed by atoms with Crippen molar-refractivity contribution < 1.29 is 34.4 Å². The molecule has 144 valence electrons. The number of benzene rings is 1. The van der Waals surface area contributed by atoms with Crippen molar-refractivity contribution in [2.45, 2.75) is 30.9 Å². The third kappa shape index (κ3) is 8.19. The smallest absolute Gasteiger partial charge is 0.414 e. The maximum atomic E-state index is 11.2. The zero-order valence-corrected chi connectivity index (χ0v) is 15.2. The van der Waals surface area contributed by atoms with Gasteiger partial charge in [0, 0.05) is 17.5 Å². The van der Waals surface area contributed by atoms with Crippen LogP contribution in [0.1, 0.15) is 13.8 Å². The van der Waals surface area contributed by atoms with Gasteiger partial charge in [0.1, 0.15) is 18.5 Å². The van der Waals surface area contributed by atoms with Gasteiger partial charge < -0.3 is 30.7 Å². The Hall–Kier alpha value is -2.30. The van der Waals surface area contributed by atoms with Crippen molar-refractivity contribution in [1.29, 1.82) is 0 Å². The molecule has 1 atom stereocenters. The standard InChI is InChI=1S/C14H20N2O3S.C2H2O4/c1-9(2)15-6-10(17)7-19-11-3-4-12-13(5-11)20-8-14(18)16-12;3-1(4)2(5)6/h3-5,9-10,15,17H,6-8H2,1-2H3,(H,16,18);(H,3,4)(H,5,6). The predicted octanol–water partition coefficient (Wildman–Crippen LogP) is 0.624. The number of ether oxygens (including phenoxy) is 1. The molecule has 0 aromatic heterocycles. The second kappa shape index (κ2) is 10.6. The van der Waals surface area contributed by atoms with Crippen LogP contribution < -0.4 is 15.4 Å². The number of rotatable bonds is 6. The number of aliphatic carboxylic acids is 2. The molecular formula is C16H22N2O7S. The van der Waals surface area contributed by atoms with Crippen LogP contribution in [0.5, 0.6) is 5.75 Å². The van der Waals surface area contributed by atoms with E-state index in [1.165, 1.54) is 11.8 Å². The molecule has 1 aromatic carbocycles. The first-order valence-electron chi connectivity index (χ1n) is 7.76. The summed E-state index contributed by atoms with van der Waals surface area (Å²) in [7, 11) is 0. The van der Waals surface area contributed by atoms with E-state index in [9.17, 15) is 9.90 Å². The topological polar surface area (TPSA) is 145 Å². The SMILES string of the molecule is CC(C)NCC(O)COc1ccc2c(c1)SCC(=O)N2.O=C(O)C(=O)O. The fourth-order valence-corrected chi connectivity index (χ4v) is 2.60. The van der Waals surface area contributed by atoms with Gasteiger partial charge in [-0.05, 0) is 18.2 Å². The summed E-state index contributed by atoms with van der Waals surface area (Å²) in [6.07, 6.45) is -0.541. The fraction of sp³-hybridized carbons (Fsp3) is 0.438. The van der Waals surface area contributed by atoms with Crippen molar-refractivity contribution in [2.75, 3.05) is 24.2 Å². The predicted molar refractivity (Wildman–Crippen MR) is 95.7 cm³/mol. The van der Waals surface area contributed by atoms with Gasteiger partial charge in [-0.25, -0.2) is 9.59 Å². The monoisotopic (exact) mass is 386 g/mol. The van der Waals surface area contributed by atoms with Gasteiger partial charge in [0.25, 0.3) is 0 Å². The van der Waals surface area contributed by atoms with E-state index < -0.39 is 18.0 Å². The summed E-state index contributed by atoms with van der Waals surface area (Å²) in [5, 5.41) is 30.5. The van der Waals surface area contributed by atoms with Crippen LogP contribution in [-0.2, 0) is 14.4 Å². The highest BCUT2D eigenvalue weighted by Gasteiger charge is 2.16. The second-order valence-electron chi connectivity index (χ2n) is 5.63. The van der Waals surface area contributed by atoms with Crippen molar-refractivity contribution in [3.05, 3.63) is 18.2 Å². The van der Waals surface area contributed by atoms with Gasteiger partial charge in [0.05, 0.1) is 11.4 Å². The van der Waals surface area contributed by atoms with Crippen molar-refractivity contribution in [3.8, 4) is 5.75 Å². The molecule has 0 bridgehead atoms. The summed E-state index contributed by atoms with van der Waals surface area (Å²) in [5.41, 5.74) is 0.820. The van der Waals surface area contributed by atoms with Gasteiger partial charge >= 0.3 is 11.9 Å². The van der Waals surface area contributed by atoms with Gasteiger partial charge in [-0.3, -0.25) is 4.79 Å². The average molecular weight is 386 g/mol. The van der Waals surface area contributed by atoms with E-state index >= 15 is 0 Å². The Kier molecular flexibility index (Phi) is 8.90. The highest BCUT2D eigenvalue weighted by molar-refractivity contribution is 8.00. The molecule has 1 aromatic rings. The number of thioether (sulfide) groups is 1. The number of fused-ring (bicyclic) bond motifs is 1. The summed E-state index contributed by atoms with van der Waals surface area (Å²) < 4.78 is 5.58. The summed E-state index contributed by atoms with van der Waals surface area (Å²) in [6, 6.07) is 5.86. The summed E-state index contributed by atoms with van der Waals surface area (Å²) >= 11 is 1.49. The molecule has 1 unspecified atom stereocenters. The summed E-state index contributed by atoms with van der Waals surface area (Å²) in [5.74, 6) is -2.50. The van der Waals surface area contributed by atoms with Crippen molar-refractivity contribution in [1.82, 2.24) is 5.32 Å². The molecule has 1 aliphatic heterocycles. The molecule has 0 saturated heterocycles. The minimum Gasteiger partial charge on any atom is -0.491 e. The Bertz CT molecular complexity index is 639. The van der Waals surface area contributed by atoms with Gasteiger partial charge in [-0.2, -0.15) is 0 Å². The number of hydrogen-bond donors (Lipinski definition) is 5. The molecule has 26 heavy (non-hydrogen) atoms. The van der Waals surface area contributed by atoms with E-state index in [-0.39, 0.29) is 12.5 Å². The molecule has 0 fully saturated rings. The molecule has 0 saturated carbocycles. The Morgan fingerprint density at radius 1 is 1.31 bits per heavy atom. The summed E-state index contributed by atoms with van der Waals surface area (Å²) in [6.45, 7) is 4.81. The molecule has 1 heterocycles. The quantitative estimate of drug-likeness (QED) is 0.444. The van der Waals surface area contributed by atoms with Crippen molar-refractivity contribution in [2.24, 2.45) is 0 Å². The molecule has 0 spiro atoms. The largest absolute Gasteiger partial charge is 0.491 e. The number of carboxylic acids is 2. The number of anilines is 1. The van der Waals surface area contributed by atoms with Crippen LogP contribution in [0.4, 0.5) is 5.69 Å². The van der Waals surface area contributed by atoms with Crippen molar-refractivity contribution in [3.63, 3.8) is 0 Å². The van der Waals surface area contributed by atoms with Crippen molar-refractivity contribution >= 4 is 35.3 Å². The molecule has 1 aliphatic rings. The Morgan fingerprint density at radius 2 is 1.96 bits per heavy atom. The number of carboxylic acid groups (broad SMARTS) is 2. The van der Waals surface area contributed by atoms with E-state index in [1.807, 2.05) is 26.0 Å². The number of nitrogens with one attached hydrogen (secondary N) is 2. The van der Waals surface area contributed by atoms with Crippen LogP contribution in [-0.4, -0.2) is 64.2 Å². The van der Waals surface area contributed by atoms with Crippen LogP contribution >= 0.6 is 11.8 Å². The van der Waals surface area contributed by atoms with Crippen LogP contribution in [0.15, 0.2) is 23.1 Å². The lowest BCUT2D eigenvalue weighted by molar-refractivity contribution is -0.159. The highest BCUT2D eigenvalue weighted by atomic mass is 32.2. The van der Waals surface area contributed by atoms with E-state index in [0.717, 1.165) is 10.6 Å². The third-order valence-electron chi connectivity index (χ3n) is 2.97. The Morgan fingerprint density at radius 3 is 2.54 bits per heavy atom. The first-order chi connectivity index (χ1) is 12.2. The lowest BCUT2D eigenvalue weighted by atomic mass is 10.3. The average Bonchev–Trinajstić information content (AvgIpc) is 2.58. The van der Waals surface area contributed by atoms with Crippen LogP contribution in [0.2, 0.25) is 0 Å². The van der Waals surface area contributed by atoms with Gasteiger partial charge in [-0.1, -0.05) is 13.8 Å². The Balaban J connectivity index is 0.000000487. The summed E-state index contributed by atoms with van der Waals surface area (Å²) in [4.78, 5) is 30.4. The number of amides is 1. The molecule has 2 rings (SSSR count). The first kappa shape index (κ1) is 21.7. The van der Waals surface area contributed by atoms with Gasteiger partial charge in [-0.15, -0.1) is 11.8 Å². The van der Waals surface area contributed by atoms with E-state index in [2.05, 4.69) is 10.6 Å². The number of aliphatic hydroxyl groups is 1. The Labute approximate surface area is 154 Å². The molecular weight excluding hydrogens is 364 g/mol. The van der Waals surface area contributed by atoms with E-state index in [1.54, 1.807) is 6.07 Å². The van der Waals surface area contributed by atoms with Crippen LogP contribution in [0.3, 0.4) is 0 Å². The number of carbonyl (C=O) groups excluding carboxylic acids is 1. The third-order valence-corrected chi connectivity index (χ3v) is 4.03. The lowest BCUT2D eigenvalue weighted by Crippen LogP contribution is -2.35. The zero-order chi connectivity index (χ0) is 19.7.